The minimum absolute atomic E-state index is 0.222. The molecule has 1 aromatic heterocycles. The van der Waals surface area contributed by atoms with Gasteiger partial charge in [0.25, 0.3) is 6.01 Å². The lowest BCUT2D eigenvalue weighted by molar-refractivity contribution is -0.139. The second kappa shape index (κ2) is 5.89. The molecule has 0 aliphatic carbocycles. The first kappa shape index (κ1) is 14.1. The van der Waals surface area contributed by atoms with Crippen LogP contribution in [0.4, 0.5) is 11.7 Å². The van der Waals surface area contributed by atoms with Crippen molar-refractivity contribution in [3.05, 3.63) is 53.6 Å². The summed E-state index contributed by atoms with van der Waals surface area (Å²) in [7, 11) is 1.38. The molecule has 0 unspecified atom stereocenters. The van der Waals surface area contributed by atoms with Gasteiger partial charge >= 0.3 is 5.97 Å². The van der Waals surface area contributed by atoms with Gasteiger partial charge in [-0.1, -0.05) is 24.3 Å². The van der Waals surface area contributed by atoms with Gasteiger partial charge in [0.15, 0.2) is 5.58 Å². The number of esters is 1. The van der Waals surface area contributed by atoms with E-state index >= 15 is 0 Å². The van der Waals surface area contributed by atoms with E-state index in [1.165, 1.54) is 7.11 Å². The molecule has 0 radical (unpaired) electrons. The molecule has 3 aromatic rings. The predicted octanol–water partition coefficient (Wildman–Crippen LogP) is 3.60. The maximum absolute atomic E-state index is 11.3. The van der Waals surface area contributed by atoms with Crippen molar-refractivity contribution in [1.82, 2.24) is 4.98 Å². The molecule has 0 amide bonds. The van der Waals surface area contributed by atoms with Crippen molar-refractivity contribution in [3.63, 3.8) is 0 Å². The Balaban J connectivity index is 1.86. The van der Waals surface area contributed by atoms with Crippen LogP contribution in [0.1, 0.15) is 11.1 Å². The van der Waals surface area contributed by atoms with Gasteiger partial charge in [-0.15, -0.1) is 0 Å². The van der Waals surface area contributed by atoms with Gasteiger partial charge in [0.1, 0.15) is 5.52 Å². The van der Waals surface area contributed by atoms with Crippen LogP contribution in [0, 0.1) is 6.92 Å². The topological polar surface area (TPSA) is 64.4 Å². The lowest BCUT2D eigenvalue weighted by atomic mass is 10.1. The average Bonchev–Trinajstić information content (AvgIpc) is 2.91. The summed E-state index contributed by atoms with van der Waals surface area (Å²) < 4.78 is 10.3. The number of oxazole rings is 1. The Morgan fingerprint density at radius 3 is 2.86 bits per heavy atom. The lowest BCUT2D eigenvalue weighted by Crippen LogP contribution is -2.04. The number of nitrogens with one attached hydrogen (secondary N) is 1. The number of anilines is 2. The molecule has 0 aliphatic rings. The zero-order valence-corrected chi connectivity index (χ0v) is 12.4. The molecule has 0 spiro atoms. The molecule has 1 N–H and O–H groups in total. The number of carbonyl (C=O) groups excluding carboxylic acids is 1. The number of para-hydroxylation sites is 1. The summed E-state index contributed by atoms with van der Waals surface area (Å²) >= 11 is 0. The Morgan fingerprint density at radius 1 is 1.27 bits per heavy atom. The fourth-order valence-electron chi connectivity index (χ4n) is 2.20. The van der Waals surface area contributed by atoms with E-state index in [0.717, 1.165) is 16.8 Å². The molecule has 0 bridgehead atoms. The normalized spacial score (nSPS) is 10.6. The predicted molar refractivity (Wildman–Crippen MR) is 84.2 cm³/mol. The van der Waals surface area contributed by atoms with Crippen LogP contribution < -0.4 is 5.32 Å². The molecular weight excluding hydrogens is 280 g/mol. The van der Waals surface area contributed by atoms with Gasteiger partial charge in [0, 0.05) is 5.69 Å². The van der Waals surface area contributed by atoms with E-state index in [9.17, 15) is 4.79 Å². The average molecular weight is 296 g/mol. The molecule has 5 heteroatoms. The van der Waals surface area contributed by atoms with Crippen molar-refractivity contribution < 1.29 is 13.9 Å². The lowest BCUT2D eigenvalue weighted by Gasteiger charge is -2.04. The highest BCUT2D eigenvalue weighted by Gasteiger charge is 2.09. The highest BCUT2D eigenvalue weighted by atomic mass is 16.5. The van der Waals surface area contributed by atoms with E-state index in [1.807, 2.05) is 49.4 Å². The van der Waals surface area contributed by atoms with Crippen LogP contribution in [0.5, 0.6) is 0 Å². The van der Waals surface area contributed by atoms with E-state index in [4.69, 9.17) is 4.42 Å². The molecular formula is C17H16N2O3. The molecule has 0 atom stereocenters. The van der Waals surface area contributed by atoms with Gasteiger partial charge in [-0.2, -0.15) is 4.98 Å². The minimum Gasteiger partial charge on any atom is -0.469 e. The van der Waals surface area contributed by atoms with Gasteiger partial charge in [0.2, 0.25) is 0 Å². The van der Waals surface area contributed by atoms with Crippen molar-refractivity contribution in [1.29, 1.82) is 0 Å². The second-order valence-electron chi connectivity index (χ2n) is 5.01. The van der Waals surface area contributed by atoms with Crippen LogP contribution >= 0.6 is 0 Å². The van der Waals surface area contributed by atoms with Crippen LogP contribution in [0.15, 0.2) is 46.9 Å². The van der Waals surface area contributed by atoms with Crippen molar-refractivity contribution in [2.24, 2.45) is 0 Å². The largest absolute Gasteiger partial charge is 0.469 e. The molecule has 3 rings (SSSR count). The Labute approximate surface area is 127 Å². The Bertz CT molecular complexity index is 824. The number of carbonyl (C=O) groups is 1. The smallest absolute Gasteiger partial charge is 0.309 e. The van der Waals surface area contributed by atoms with Crippen LogP contribution in [-0.2, 0) is 16.0 Å². The number of benzene rings is 2. The van der Waals surface area contributed by atoms with Gasteiger partial charge in [-0.25, -0.2) is 0 Å². The third-order valence-electron chi connectivity index (χ3n) is 3.41. The molecule has 0 saturated heterocycles. The number of hydrogen-bond donors (Lipinski definition) is 1. The van der Waals surface area contributed by atoms with E-state index in [1.54, 1.807) is 0 Å². The summed E-state index contributed by atoms with van der Waals surface area (Å²) in [6.07, 6.45) is 0.222. The highest BCUT2D eigenvalue weighted by molar-refractivity contribution is 5.79. The van der Waals surface area contributed by atoms with Gasteiger partial charge in [0.05, 0.1) is 13.5 Å². The summed E-state index contributed by atoms with van der Waals surface area (Å²) in [5, 5.41) is 3.16. The summed E-state index contributed by atoms with van der Waals surface area (Å²) in [4.78, 5) is 15.7. The standard InChI is InChI=1S/C17H16N2O3/c1-11-5-3-4-6-13(11)18-17-19-14-9-12(10-16(20)21-2)7-8-15(14)22-17/h3-9H,10H2,1-2H3,(H,18,19). The number of fused-ring (bicyclic) bond motifs is 1. The zero-order chi connectivity index (χ0) is 15.5. The third kappa shape index (κ3) is 2.93. The molecule has 2 aromatic carbocycles. The second-order valence-corrected chi connectivity index (χ2v) is 5.01. The first-order valence-corrected chi connectivity index (χ1v) is 6.94. The molecule has 22 heavy (non-hydrogen) atoms. The molecule has 1 heterocycles. The maximum atomic E-state index is 11.3. The van der Waals surface area contributed by atoms with E-state index in [0.29, 0.717) is 17.1 Å². The molecule has 0 saturated carbocycles. The summed E-state index contributed by atoms with van der Waals surface area (Å²) in [6, 6.07) is 13.8. The number of aromatic nitrogens is 1. The van der Waals surface area contributed by atoms with Crippen molar-refractivity contribution in [2.45, 2.75) is 13.3 Å². The van der Waals surface area contributed by atoms with Crippen molar-refractivity contribution >= 4 is 28.8 Å². The molecule has 112 valence electrons. The Kier molecular flexibility index (Phi) is 3.78. The van der Waals surface area contributed by atoms with Crippen molar-refractivity contribution in [3.8, 4) is 0 Å². The van der Waals surface area contributed by atoms with Gasteiger partial charge in [-0.05, 0) is 36.2 Å². The molecule has 0 aliphatic heterocycles. The fourth-order valence-corrected chi connectivity index (χ4v) is 2.20. The quantitative estimate of drug-likeness (QED) is 0.745. The number of nitrogens with zero attached hydrogens (tertiary/aromatic N) is 1. The summed E-state index contributed by atoms with van der Waals surface area (Å²) in [6.45, 7) is 2.01. The highest BCUT2D eigenvalue weighted by Crippen LogP contribution is 2.24. The number of rotatable bonds is 4. The number of methoxy groups -OCH3 is 1. The Morgan fingerprint density at radius 2 is 2.09 bits per heavy atom. The number of ether oxygens (including phenoxy) is 1. The fraction of sp³-hybridized carbons (Fsp3) is 0.176. The van der Waals surface area contributed by atoms with Crippen molar-refractivity contribution in [2.75, 3.05) is 12.4 Å². The number of hydrogen-bond acceptors (Lipinski definition) is 5. The summed E-state index contributed by atoms with van der Waals surface area (Å²) in [5.74, 6) is -0.277. The van der Waals surface area contributed by atoms with E-state index in [-0.39, 0.29) is 12.4 Å². The monoisotopic (exact) mass is 296 g/mol. The van der Waals surface area contributed by atoms with Crippen LogP contribution in [-0.4, -0.2) is 18.1 Å². The van der Waals surface area contributed by atoms with Gasteiger partial charge < -0.3 is 14.5 Å². The van der Waals surface area contributed by atoms with Crippen LogP contribution in [0.3, 0.4) is 0 Å². The first-order valence-electron chi connectivity index (χ1n) is 6.94. The van der Waals surface area contributed by atoms with E-state index in [2.05, 4.69) is 15.0 Å². The third-order valence-corrected chi connectivity index (χ3v) is 3.41. The number of aryl methyl sites for hydroxylation is 1. The van der Waals surface area contributed by atoms with Crippen LogP contribution in [0.2, 0.25) is 0 Å². The molecule has 5 nitrogen and oxygen atoms in total. The maximum Gasteiger partial charge on any atom is 0.309 e. The summed E-state index contributed by atoms with van der Waals surface area (Å²) in [5.41, 5.74) is 4.28. The zero-order valence-electron chi connectivity index (χ0n) is 12.4. The van der Waals surface area contributed by atoms with Crippen LogP contribution in [0.25, 0.3) is 11.1 Å². The minimum atomic E-state index is -0.277. The molecule has 0 fully saturated rings. The van der Waals surface area contributed by atoms with E-state index < -0.39 is 0 Å². The SMILES string of the molecule is COC(=O)Cc1ccc2oc(Nc3ccccc3C)nc2c1. The first-order chi connectivity index (χ1) is 10.7. The Hall–Kier alpha value is -2.82. The van der Waals surface area contributed by atoms with Gasteiger partial charge in [-0.3, -0.25) is 4.79 Å².